The third-order valence-corrected chi connectivity index (χ3v) is 12.2. The molecule has 8 aromatic rings. The number of hydrogen-bond acceptors (Lipinski definition) is 2. The van der Waals surface area contributed by atoms with E-state index in [0.717, 1.165) is 96.3 Å². The van der Waals surface area contributed by atoms with Crippen LogP contribution in [-0.2, 0) is 4.74 Å². The van der Waals surface area contributed by atoms with Crippen LogP contribution in [0.15, 0.2) is 194 Å². The van der Waals surface area contributed by atoms with Crippen LogP contribution in [0.25, 0.3) is 67.9 Å². The van der Waals surface area contributed by atoms with Crippen LogP contribution in [0, 0.1) is 5.92 Å². The van der Waals surface area contributed by atoms with Crippen molar-refractivity contribution in [3.8, 4) is 22.5 Å². The van der Waals surface area contributed by atoms with Crippen LogP contribution >= 0.6 is 0 Å². The summed E-state index contributed by atoms with van der Waals surface area (Å²) >= 11 is 0. The second kappa shape index (κ2) is 14.3. The number of hydrogen-bond donors (Lipinski definition) is 0. The Morgan fingerprint density at radius 1 is 0.678 bits per heavy atom. The van der Waals surface area contributed by atoms with Crippen molar-refractivity contribution in [3.05, 3.63) is 216 Å². The maximum absolute atomic E-state index is 6.89. The second-order valence-electron chi connectivity index (χ2n) is 15.7. The Kier molecular flexibility index (Phi) is 8.44. The highest BCUT2D eigenvalue weighted by Crippen LogP contribution is 2.45. The fourth-order valence-corrected chi connectivity index (χ4v) is 9.45. The van der Waals surface area contributed by atoms with Crippen LogP contribution in [-0.4, -0.2) is 15.2 Å². The van der Waals surface area contributed by atoms with E-state index < -0.39 is 0 Å². The fourth-order valence-electron chi connectivity index (χ4n) is 9.45. The van der Waals surface area contributed by atoms with Gasteiger partial charge in [0.15, 0.2) is 0 Å². The van der Waals surface area contributed by atoms with Crippen molar-refractivity contribution in [1.29, 1.82) is 0 Å². The second-order valence-corrected chi connectivity index (χ2v) is 15.7. The summed E-state index contributed by atoms with van der Waals surface area (Å²) in [4.78, 5) is 2.34. The molecular formula is C55H43N3O. The molecule has 2 aromatic heterocycles. The number of para-hydroxylation sites is 4. The molecule has 0 bridgehead atoms. The van der Waals surface area contributed by atoms with Crippen molar-refractivity contribution >= 4 is 56.8 Å². The molecule has 0 N–H and O–H groups in total. The van der Waals surface area contributed by atoms with Gasteiger partial charge in [0, 0.05) is 56.3 Å². The van der Waals surface area contributed by atoms with Gasteiger partial charge in [-0.2, -0.15) is 0 Å². The topological polar surface area (TPSA) is 22.3 Å². The minimum Gasteiger partial charge on any atom is -0.487 e. The summed E-state index contributed by atoms with van der Waals surface area (Å²) in [5, 5.41) is 4.61. The molecule has 0 saturated heterocycles. The van der Waals surface area contributed by atoms with Crippen LogP contribution in [0.1, 0.15) is 31.0 Å². The average Bonchev–Trinajstić information content (AvgIpc) is 3.95. The zero-order chi connectivity index (χ0) is 39.5. The molecule has 1 aliphatic carbocycles. The van der Waals surface area contributed by atoms with Gasteiger partial charge in [-0.25, -0.2) is 0 Å². The average molecular weight is 762 g/mol. The molecule has 0 saturated carbocycles. The maximum Gasteiger partial charge on any atom is 0.147 e. The Balaban J connectivity index is 1.11. The first-order valence-electron chi connectivity index (χ1n) is 20.6. The number of nitrogens with zero attached hydrogens (tertiary/aromatic N) is 3. The van der Waals surface area contributed by atoms with Gasteiger partial charge in [-0.05, 0) is 109 Å². The van der Waals surface area contributed by atoms with E-state index in [4.69, 9.17) is 11.3 Å². The first-order chi connectivity index (χ1) is 29.1. The number of allylic oxidation sites excluding steroid dienone is 4. The molecule has 2 atom stereocenters. The van der Waals surface area contributed by atoms with Crippen molar-refractivity contribution in [3.63, 3.8) is 0 Å². The summed E-state index contributed by atoms with van der Waals surface area (Å²) in [5.41, 5.74) is 13.4. The largest absolute Gasteiger partial charge is 0.487 e. The minimum atomic E-state index is 0.157. The highest BCUT2D eigenvalue weighted by Gasteiger charge is 2.37. The summed E-state index contributed by atoms with van der Waals surface area (Å²) in [7, 11) is 0. The Labute approximate surface area is 344 Å². The molecule has 0 amide bonds. The first-order valence-corrected chi connectivity index (χ1v) is 20.6. The Morgan fingerprint density at radius 2 is 1.36 bits per heavy atom. The van der Waals surface area contributed by atoms with E-state index in [2.05, 4.69) is 215 Å². The summed E-state index contributed by atoms with van der Waals surface area (Å²) < 4.78 is 11.6. The van der Waals surface area contributed by atoms with Gasteiger partial charge in [0.25, 0.3) is 0 Å². The normalized spacial score (nSPS) is 18.5. The van der Waals surface area contributed by atoms with Crippen LogP contribution in [0.2, 0.25) is 0 Å². The van der Waals surface area contributed by atoms with E-state index in [1.165, 1.54) is 11.0 Å². The lowest BCUT2D eigenvalue weighted by atomic mass is 9.87. The van der Waals surface area contributed by atoms with Gasteiger partial charge < -0.3 is 18.8 Å². The van der Waals surface area contributed by atoms with Crippen molar-refractivity contribution in [2.45, 2.75) is 25.9 Å². The summed E-state index contributed by atoms with van der Waals surface area (Å²) in [6, 6.07) is 56.7. The number of benzene rings is 6. The number of fused-ring (bicyclic) bond motifs is 6. The molecule has 3 aliphatic rings. The Bertz CT molecular complexity index is 3160. The van der Waals surface area contributed by atoms with Gasteiger partial charge in [-0.15, -0.1) is 0 Å². The van der Waals surface area contributed by atoms with Gasteiger partial charge in [0.2, 0.25) is 0 Å². The summed E-state index contributed by atoms with van der Waals surface area (Å²) in [6.45, 7) is 6.80. The standard InChI is InChI=1S/C55H43N3O/c1-3-17-47-46-25-14-16-27-54(46)59-55(47)52-35-40-33-38(29-31-49(40)57(52)42-20-9-5-10-21-42)39-28-30-44-37(2)32-48-45-24-13-15-26-50(45)58(43-22-11-6-12-23-43)53(48)36-56(51(44)34-39)41-18-7-4-8-19-41/h3-15,17-26,28-36,46,54H,2,16,27H2,1H3/b17-3-,48-32-,53-36+. The predicted molar refractivity (Wildman–Crippen MR) is 246 cm³/mol. The van der Waals surface area contributed by atoms with Crippen LogP contribution in [0.4, 0.5) is 11.4 Å². The lowest BCUT2D eigenvalue weighted by molar-refractivity contribution is 0.152. The molecule has 6 aromatic carbocycles. The zero-order valence-electron chi connectivity index (χ0n) is 33.0. The van der Waals surface area contributed by atoms with Crippen LogP contribution < -0.4 is 15.5 Å². The molecule has 4 heterocycles. The van der Waals surface area contributed by atoms with Crippen LogP contribution in [0.3, 0.4) is 0 Å². The Hall–Kier alpha value is -7.30. The van der Waals surface area contributed by atoms with Crippen molar-refractivity contribution < 1.29 is 4.74 Å². The monoisotopic (exact) mass is 761 g/mol. The summed E-state index contributed by atoms with van der Waals surface area (Å²) in [5.74, 6) is 1.24. The molecule has 59 heavy (non-hydrogen) atoms. The molecule has 2 unspecified atom stereocenters. The van der Waals surface area contributed by atoms with E-state index in [-0.39, 0.29) is 12.0 Å². The predicted octanol–water partition coefficient (Wildman–Crippen LogP) is 12.3. The molecule has 11 rings (SSSR count). The summed E-state index contributed by atoms with van der Waals surface area (Å²) in [6.07, 6.45) is 15.8. The Morgan fingerprint density at radius 3 is 2.12 bits per heavy atom. The molecule has 0 spiro atoms. The van der Waals surface area contributed by atoms with Gasteiger partial charge in [-0.3, -0.25) is 0 Å². The van der Waals surface area contributed by atoms with Gasteiger partial charge in [0.05, 0.1) is 27.8 Å². The number of aromatic nitrogens is 2. The third-order valence-electron chi connectivity index (χ3n) is 12.2. The zero-order valence-corrected chi connectivity index (χ0v) is 33.0. The quantitative estimate of drug-likeness (QED) is 0.157. The van der Waals surface area contributed by atoms with Crippen molar-refractivity contribution in [2.75, 3.05) is 4.90 Å². The van der Waals surface area contributed by atoms with E-state index in [9.17, 15) is 0 Å². The highest BCUT2D eigenvalue weighted by atomic mass is 16.5. The number of ether oxygens (including phenoxy) is 1. The molecule has 2 aliphatic heterocycles. The maximum atomic E-state index is 6.89. The third kappa shape index (κ3) is 5.82. The van der Waals surface area contributed by atoms with Gasteiger partial charge in [-0.1, -0.05) is 122 Å². The van der Waals surface area contributed by atoms with Gasteiger partial charge in [0.1, 0.15) is 11.9 Å². The van der Waals surface area contributed by atoms with E-state index in [0.29, 0.717) is 0 Å². The van der Waals surface area contributed by atoms with Crippen molar-refractivity contribution in [2.24, 2.45) is 5.92 Å². The molecule has 0 radical (unpaired) electrons. The van der Waals surface area contributed by atoms with Crippen molar-refractivity contribution in [1.82, 2.24) is 9.13 Å². The number of rotatable bonds is 6. The molecule has 0 fully saturated rings. The first kappa shape index (κ1) is 34.9. The van der Waals surface area contributed by atoms with Crippen LogP contribution in [0.5, 0.6) is 0 Å². The lowest BCUT2D eigenvalue weighted by Crippen LogP contribution is -2.33. The van der Waals surface area contributed by atoms with E-state index in [1.54, 1.807) is 0 Å². The molecule has 4 nitrogen and oxygen atoms in total. The number of anilines is 2. The molecule has 4 heteroatoms. The highest BCUT2D eigenvalue weighted by molar-refractivity contribution is 6.00. The van der Waals surface area contributed by atoms with E-state index >= 15 is 0 Å². The fraction of sp³-hybridized carbons (Fsp3) is 0.0909. The van der Waals surface area contributed by atoms with Gasteiger partial charge >= 0.3 is 0 Å². The minimum absolute atomic E-state index is 0.157. The lowest BCUT2D eigenvalue weighted by Gasteiger charge is -2.26. The molecular weight excluding hydrogens is 719 g/mol. The SMILES string of the molecule is C=C1/C=c2\c(n(-c3ccccc3)c3ccccc23)=C/N(c2ccccc2)c2cc(-c3ccc4c(c3)cc(C3=C(/C=C\C)C5C=CCCC5O3)n4-c3ccccc3)ccc21. The smallest absolute Gasteiger partial charge is 0.147 e. The van der Waals surface area contributed by atoms with E-state index in [1.807, 2.05) is 0 Å². The molecule has 284 valence electrons.